The Morgan fingerprint density at radius 3 is 0.979 bits per heavy atom. The third kappa shape index (κ3) is 7.52. The van der Waals surface area contributed by atoms with E-state index in [1.165, 1.54) is 98.4 Å². The Bertz CT molecular complexity index is 6260. The largest absolute Gasteiger partial charge is 0.454 e. The maximum absolute atomic E-state index is 6.64. The van der Waals surface area contributed by atoms with E-state index >= 15 is 0 Å². The highest BCUT2D eigenvalue weighted by atomic mass is 16.3. The van der Waals surface area contributed by atoms with Crippen molar-refractivity contribution in [3.05, 3.63) is 328 Å². The first-order valence-electron chi connectivity index (χ1n) is 32.9. The van der Waals surface area contributed by atoms with Crippen LogP contribution in [0.1, 0.15) is 0 Å². The number of anilines is 6. The van der Waals surface area contributed by atoms with Gasteiger partial charge in [0, 0.05) is 98.5 Å². The summed E-state index contributed by atoms with van der Waals surface area (Å²) in [6, 6.07) is 119. The topological polar surface area (TPSA) is 41.6 Å². The minimum absolute atomic E-state index is 0.863. The van der Waals surface area contributed by atoms with Gasteiger partial charge in [-0.2, -0.15) is 0 Å². The number of hydrogen-bond donors (Lipinski definition) is 0. The van der Waals surface area contributed by atoms with Gasteiger partial charge in [-0.05, 0) is 130 Å². The summed E-state index contributed by atoms with van der Waals surface area (Å²) in [7, 11) is 0. The Morgan fingerprint density at radius 1 is 0.219 bits per heavy atom. The van der Waals surface area contributed by atoms with Gasteiger partial charge in [-0.25, -0.2) is 0 Å². The standard InChI is InChI=1S/C90H54N4O2/c1-5-21-57(22-6-1)81-83-71-35-17-31-67-74-54-60(56-43-49-64(50-44-56)92(62-27-11-4-12-28-62)78-38-20-34-70-66-30-14-16-40-80(66)96-90(70)78)46-52-76(74)94(85(67)71)88(83)82(58-23-7-2-8-24-58)84-72-36-18-32-68-73-53-59(45-51-75(73)93(86(68)72)87(81)84)55-41-47-63(48-42-55)91(61-25-9-3-10-26-61)77-37-19-33-69-65-29-13-15-39-79(65)95-89(69)77/h1-54H. The number of hydrogen-bond acceptors (Lipinski definition) is 4. The molecule has 0 fully saturated rings. The number of benzene rings is 15. The zero-order chi connectivity index (χ0) is 62.7. The summed E-state index contributed by atoms with van der Waals surface area (Å²) in [5.41, 5.74) is 26.4. The van der Waals surface area contributed by atoms with Crippen LogP contribution in [-0.4, -0.2) is 8.80 Å². The lowest BCUT2D eigenvalue weighted by atomic mass is 9.89. The second-order valence-corrected chi connectivity index (χ2v) is 25.4. The number of furan rings is 2. The molecule has 0 aliphatic carbocycles. The van der Waals surface area contributed by atoms with Crippen molar-refractivity contribution >= 4 is 154 Å². The highest BCUT2D eigenvalue weighted by molar-refractivity contribution is 6.38. The molecule has 0 N–H and O–H groups in total. The van der Waals surface area contributed by atoms with E-state index in [1.807, 2.05) is 12.1 Å². The van der Waals surface area contributed by atoms with Gasteiger partial charge in [0.2, 0.25) is 0 Å². The molecule has 0 radical (unpaired) electrons. The summed E-state index contributed by atoms with van der Waals surface area (Å²) in [6.07, 6.45) is 0. The minimum Gasteiger partial charge on any atom is -0.454 e. The average Bonchev–Trinajstić information content (AvgIpc) is 1.50. The van der Waals surface area contributed by atoms with Gasteiger partial charge in [0.15, 0.2) is 11.2 Å². The molecule has 0 saturated heterocycles. The summed E-state index contributed by atoms with van der Waals surface area (Å²) >= 11 is 0. The molecule has 446 valence electrons. The van der Waals surface area contributed by atoms with Gasteiger partial charge in [-0.3, -0.25) is 0 Å². The molecule has 0 saturated carbocycles. The van der Waals surface area contributed by atoms with Crippen LogP contribution in [0.25, 0.3) is 165 Å². The van der Waals surface area contributed by atoms with E-state index in [0.29, 0.717) is 0 Å². The molecule has 6 heteroatoms. The van der Waals surface area contributed by atoms with Crippen molar-refractivity contribution in [2.24, 2.45) is 0 Å². The summed E-state index contributed by atoms with van der Waals surface area (Å²) < 4.78 is 18.5. The first-order valence-corrected chi connectivity index (χ1v) is 32.9. The quantitative estimate of drug-likeness (QED) is 0.137. The molecule has 21 aromatic rings. The molecule has 0 aliphatic heterocycles. The fraction of sp³-hybridized carbons (Fsp3) is 0. The van der Waals surface area contributed by atoms with Gasteiger partial charge in [0.1, 0.15) is 11.2 Å². The van der Waals surface area contributed by atoms with E-state index in [1.54, 1.807) is 0 Å². The van der Waals surface area contributed by atoms with Crippen LogP contribution in [0.2, 0.25) is 0 Å². The van der Waals surface area contributed by atoms with Crippen molar-refractivity contribution in [3.8, 4) is 44.5 Å². The number of fused-ring (bicyclic) bond motifs is 18. The number of para-hydroxylation sites is 8. The normalized spacial score (nSPS) is 12.2. The van der Waals surface area contributed by atoms with Gasteiger partial charge < -0.3 is 27.4 Å². The van der Waals surface area contributed by atoms with E-state index in [4.69, 9.17) is 8.83 Å². The maximum atomic E-state index is 6.64. The summed E-state index contributed by atoms with van der Waals surface area (Å²) in [5.74, 6) is 0. The lowest BCUT2D eigenvalue weighted by Gasteiger charge is -2.25. The second kappa shape index (κ2) is 20.3. The number of rotatable bonds is 10. The van der Waals surface area contributed by atoms with Crippen molar-refractivity contribution in [3.63, 3.8) is 0 Å². The number of nitrogens with zero attached hydrogens (tertiary/aromatic N) is 4. The van der Waals surface area contributed by atoms with Gasteiger partial charge in [-0.1, -0.05) is 231 Å². The molecule has 21 rings (SSSR count). The molecule has 6 nitrogen and oxygen atoms in total. The van der Waals surface area contributed by atoms with E-state index in [9.17, 15) is 0 Å². The van der Waals surface area contributed by atoms with Crippen LogP contribution >= 0.6 is 0 Å². The molecule has 96 heavy (non-hydrogen) atoms. The van der Waals surface area contributed by atoms with E-state index in [-0.39, 0.29) is 0 Å². The monoisotopic (exact) mass is 1220 g/mol. The highest BCUT2D eigenvalue weighted by Crippen LogP contribution is 2.55. The molecule has 0 spiro atoms. The van der Waals surface area contributed by atoms with Crippen molar-refractivity contribution in [1.29, 1.82) is 0 Å². The molecule has 0 amide bonds. The molecule has 0 aliphatic rings. The van der Waals surface area contributed by atoms with Crippen molar-refractivity contribution in [2.75, 3.05) is 9.80 Å². The predicted molar refractivity (Wildman–Crippen MR) is 401 cm³/mol. The first-order chi connectivity index (χ1) is 47.7. The van der Waals surface area contributed by atoms with Gasteiger partial charge in [0.05, 0.1) is 44.5 Å². The van der Waals surface area contributed by atoms with E-state index in [2.05, 4.69) is 334 Å². The van der Waals surface area contributed by atoms with Crippen LogP contribution in [-0.2, 0) is 0 Å². The minimum atomic E-state index is 0.863. The highest BCUT2D eigenvalue weighted by Gasteiger charge is 2.31. The lowest BCUT2D eigenvalue weighted by Crippen LogP contribution is -2.10. The van der Waals surface area contributed by atoms with Gasteiger partial charge in [-0.15, -0.1) is 0 Å². The van der Waals surface area contributed by atoms with Crippen LogP contribution in [0.3, 0.4) is 0 Å². The fourth-order valence-electron chi connectivity index (χ4n) is 16.3. The van der Waals surface area contributed by atoms with Crippen molar-refractivity contribution < 1.29 is 8.83 Å². The van der Waals surface area contributed by atoms with Crippen LogP contribution in [0.5, 0.6) is 0 Å². The first kappa shape index (κ1) is 52.7. The Kier molecular flexibility index (Phi) is 11.1. The second-order valence-electron chi connectivity index (χ2n) is 25.4. The molecule has 6 aromatic heterocycles. The van der Waals surface area contributed by atoms with E-state index < -0.39 is 0 Å². The smallest absolute Gasteiger partial charge is 0.159 e. The molecule has 0 bridgehead atoms. The zero-order valence-electron chi connectivity index (χ0n) is 51.8. The summed E-state index contributed by atoms with van der Waals surface area (Å²) in [6.45, 7) is 0. The Hall–Kier alpha value is -12.9. The predicted octanol–water partition coefficient (Wildman–Crippen LogP) is 25.4. The molecule has 0 unspecified atom stereocenters. The molecular formula is C90H54N4O2. The third-order valence-corrected chi connectivity index (χ3v) is 20.3. The van der Waals surface area contributed by atoms with E-state index in [0.717, 1.165) is 100 Å². The fourth-order valence-corrected chi connectivity index (χ4v) is 16.3. The third-order valence-electron chi connectivity index (χ3n) is 20.3. The lowest BCUT2D eigenvalue weighted by molar-refractivity contribution is 0.668. The summed E-state index contributed by atoms with van der Waals surface area (Å²) in [4.78, 5) is 4.62. The Morgan fingerprint density at radius 2 is 0.552 bits per heavy atom. The van der Waals surface area contributed by atoms with Gasteiger partial charge in [0.25, 0.3) is 0 Å². The SMILES string of the molecule is c1ccc(-c2c3c4cccc5c6cc(-c7ccc(N(c8ccccc8)c8cccc9c8oc8ccccc89)cc7)ccc6n(c3c(-c3ccccc3)c3c6cccc7c8cc(-c9ccc(N(c%10ccccc%10)c%10cccc%11c%10oc%10ccccc%10%11)cc9)ccc8n(c23)c76)c54)cc1. The molecule has 15 aromatic carbocycles. The molecule has 6 heterocycles. The van der Waals surface area contributed by atoms with Crippen LogP contribution < -0.4 is 9.80 Å². The Balaban J connectivity index is 0.737. The van der Waals surface area contributed by atoms with Crippen LogP contribution in [0.15, 0.2) is 336 Å². The van der Waals surface area contributed by atoms with Crippen LogP contribution in [0, 0.1) is 0 Å². The average molecular weight is 1220 g/mol. The summed E-state index contributed by atoms with van der Waals surface area (Å²) in [5, 5.41) is 14.3. The van der Waals surface area contributed by atoms with Crippen LogP contribution in [0.4, 0.5) is 34.1 Å². The van der Waals surface area contributed by atoms with Crippen molar-refractivity contribution in [2.45, 2.75) is 0 Å². The molecular weight excluding hydrogens is 1170 g/mol. The zero-order valence-corrected chi connectivity index (χ0v) is 51.8. The maximum Gasteiger partial charge on any atom is 0.159 e. The number of aromatic nitrogens is 2. The van der Waals surface area contributed by atoms with Gasteiger partial charge >= 0.3 is 0 Å². The Labute approximate surface area is 550 Å². The molecule has 0 atom stereocenters. The van der Waals surface area contributed by atoms with Crippen molar-refractivity contribution in [1.82, 2.24) is 8.80 Å².